The lowest BCUT2D eigenvalue weighted by atomic mass is 10.0. The quantitative estimate of drug-likeness (QED) is 0.596. The molecule has 0 saturated carbocycles. The van der Waals surface area contributed by atoms with E-state index < -0.39 is 0 Å². The van der Waals surface area contributed by atoms with Gasteiger partial charge in [-0.05, 0) is 25.0 Å². The highest BCUT2D eigenvalue weighted by atomic mass is 15.2. The van der Waals surface area contributed by atoms with Gasteiger partial charge in [0.2, 0.25) is 5.95 Å². The van der Waals surface area contributed by atoms with Gasteiger partial charge in [0.1, 0.15) is 0 Å². The summed E-state index contributed by atoms with van der Waals surface area (Å²) in [5.41, 5.74) is 4.51. The van der Waals surface area contributed by atoms with E-state index in [0.29, 0.717) is 5.95 Å². The molecule has 4 heteroatoms. The third kappa shape index (κ3) is 2.30. The molecule has 0 unspecified atom stereocenters. The molecule has 0 aliphatic carbocycles. The minimum absolute atomic E-state index is 0.408. The maximum Gasteiger partial charge on any atom is 0.238 e. The normalized spacial score (nSPS) is 9.89. The van der Waals surface area contributed by atoms with Crippen molar-refractivity contribution in [3.8, 4) is 17.3 Å². The molecule has 0 saturated heterocycles. The summed E-state index contributed by atoms with van der Waals surface area (Å²) in [7, 11) is 1.63. The predicted molar refractivity (Wildman–Crippen MR) is 71.0 cm³/mol. The molecular formula is C14H14N4. The maximum atomic E-state index is 8.75. The van der Waals surface area contributed by atoms with Crippen molar-refractivity contribution >= 4 is 5.95 Å². The number of anilines is 1. The summed E-state index contributed by atoms with van der Waals surface area (Å²) in [6, 6.07) is 6.26. The highest BCUT2D eigenvalue weighted by Gasteiger charge is 2.06. The Labute approximate surface area is 107 Å². The SMILES string of the molecule is Cc1ccc(-c2cnc(N(C)C#N)nc2)c(C)c1. The van der Waals surface area contributed by atoms with Gasteiger partial charge in [0, 0.05) is 25.0 Å². The van der Waals surface area contributed by atoms with Crippen molar-refractivity contribution in [3.63, 3.8) is 0 Å². The number of nitrogens with zero attached hydrogens (tertiary/aromatic N) is 4. The van der Waals surface area contributed by atoms with Crippen molar-refractivity contribution in [1.82, 2.24) is 9.97 Å². The fourth-order valence-corrected chi connectivity index (χ4v) is 1.82. The molecule has 0 bridgehead atoms. The zero-order valence-electron chi connectivity index (χ0n) is 10.7. The van der Waals surface area contributed by atoms with Crippen molar-refractivity contribution in [2.24, 2.45) is 0 Å². The van der Waals surface area contributed by atoms with Crippen molar-refractivity contribution in [3.05, 3.63) is 41.7 Å². The largest absolute Gasteiger partial charge is 0.250 e. The van der Waals surface area contributed by atoms with Crippen molar-refractivity contribution in [1.29, 1.82) is 5.26 Å². The van der Waals surface area contributed by atoms with Gasteiger partial charge >= 0.3 is 0 Å². The van der Waals surface area contributed by atoms with Crippen molar-refractivity contribution in [2.75, 3.05) is 11.9 Å². The van der Waals surface area contributed by atoms with E-state index in [2.05, 4.69) is 42.0 Å². The highest BCUT2D eigenvalue weighted by molar-refractivity contribution is 5.66. The first-order valence-electron chi connectivity index (χ1n) is 5.65. The summed E-state index contributed by atoms with van der Waals surface area (Å²) >= 11 is 0. The first kappa shape index (κ1) is 12.1. The van der Waals surface area contributed by atoms with Crippen LogP contribution in [-0.4, -0.2) is 17.0 Å². The molecule has 1 heterocycles. The fourth-order valence-electron chi connectivity index (χ4n) is 1.82. The molecule has 0 spiro atoms. The van der Waals surface area contributed by atoms with Gasteiger partial charge in [-0.1, -0.05) is 23.8 Å². The molecule has 0 fully saturated rings. The molecule has 0 aliphatic rings. The second-order valence-corrected chi connectivity index (χ2v) is 4.25. The van der Waals surface area contributed by atoms with Crippen LogP contribution in [0, 0.1) is 25.3 Å². The van der Waals surface area contributed by atoms with Crippen LogP contribution in [0.25, 0.3) is 11.1 Å². The van der Waals surface area contributed by atoms with Crippen LogP contribution in [0.15, 0.2) is 30.6 Å². The van der Waals surface area contributed by atoms with E-state index in [1.165, 1.54) is 16.0 Å². The molecule has 2 aromatic rings. The summed E-state index contributed by atoms with van der Waals surface area (Å²) in [5, 5.41) is 8.75. The van der Waals surface area contributed by atoms with Crippen LogP contribution in [0.3, 0.4) is 0 Å². The molecule has 0 N–H and O–H groups in total. The summed E-state index contributed by atoms with van der Waals surface area (Å²) in [6.07, 6.45) is 5.46. The summed E-state index contributed by atoms with van der Waals surface area (Å²) < 4.78 is 0. The number of benzene rings is 1. The highest BCUT2D eigenvalue weighted by Crippen LogP contribution is 2.23. The van der Waals surface area contributed by atoms with E-state index in [-0.39, 0.29) is 0 Å². The Morgan fingerprint density at radius 1 is 1.17 bits per heavy atom. The topological polar surface area (TPSA) is 52.8 Å². The molecule has 4 nitrogen and oxygen atoms in total. The van der Waals surface area contributed by atoms with Crippen LogP contribution in [0.2, 0.25) is 0 Å². The van der Waals surface area contributed by atoms with E-state index in [1.807, 2.05) is 6.19 Å². The Kier molecular flexibility index (Phi) is 3.24. The summed E-state index contributed by atoms with van der Waals surface area (Å²) in [5.74, 6) is 0.408. The zero-order valence-corrected chi connectivity index (χ0v) is 10.7. The molecule has 90 valence electrons. The average molecular weight is 238 g/mol. The third-order valence-corrected chi connectivity index (χ3v) is 2.78. The predicted octanol–water partition coefficient (Wildman–Crippen LogP) is 2.68. The molecule has 0 amide bonds. The number of aryl methyl sites for hydroxylation is 2. The minimum atomic E-state index is 0.408. The summed E-state index contributed by atoms with van der Waals surface area (Å²) in [4.78, 5) is 9.69. The smallest absolute Gasteiger partial charge is 0.238 e. The first-order chi connectivity index (χ1) is 8.61. The number of hydrogen-bond acceptors (Lipinski definition) is 4. The van der Waals surface area contributed by atoms with Crippen LogP contribution < -0.4 is 4.90 Å². The monoisotopic (exact) mass is 238 g/mol. The molecule has 1 aromatic heterocycles. The molecule has 2 rings (SSSR count). The van der Waals surface area contributed by atoms with Crippen LogP contribution in [0.1, 0.15) is 11.1 Å². The van der Waals surface area contributed by atoms with Crippen LogP contribution in [0.4, 0.5) is 5.95 Å². The molecule has 0 radical (unpaired) electrons. The maximum absolute atomic E-state index is 8.75. The first-order valence-corrected chi connectivity index (χ1v) is 5.65. The van der Waals surface area contributed by atoms with E-state index in [4.69, 9.17) is 5.26 Å². The van der Waals surface area contributed by atoms with Gasteiger partial charge in [0.15, 0.2) is 6.19 Å². The van der Waals surface area contributed by atoms with Gasteiger partial charge in [-0.25, -0.2) is 9.97 Å². The standard InChI is InChI=1S/C14H14N4/c1-10-4-5-13(11(2)6-10)12-7-16-14(17-8-12)18(3)9-15/h4-8H,1-3H3. The van der Waals surface area contributed by atoms with E-state index in [1.54, 1.807) is 19.4 Å². The van der Waals surface area contributed by atoms with Crippen LogP contribution >= 0.6 is 0 Å². The molecule has 1 aromatic carbocycles. The van der Waals surface area contributed by atoms with Gasteiger partial charge in [-0.3, -0.25) is 4.90 Å². The van der Waals surface area contributed by atoms with Gasteiger partial charge in [-0.15, -0.1) is 0 Å². The Morgan fingerprint density at radius 2 is 1.83 bits per heavy atom. The third-order valence-electron chi connectivity index (χ3n) is 2.78. The molecule has 0 aliphatic heterocycles. The fraction of sp³-hybridized carbons (Fsp3) is 0.214. The Hall–Kier alpha value is -2.41. The summed E-state index contributed by atoms with van der Waals surface area (Å²) in [6.45, 7) is 4.13. The van der Waals surface area contributed by atoms with Crippen LogP contribution in [0.5, 0.6) is 0 Å². The zero-order chi connectivity index (χ0) is 13.1. The van der Waals surface area contributed by atoms with Gasteiger partial charge in [0.25, 0.3) is 0 Å². The van der Waals surface area contributed by atoms with Gasteiger partial charge in [-0.2, -0.15) is 5.26 Å². The second-order valence-electron chi connectivity index (χ2n) is 4.25. The molecule has 18 heavy (non-hydrogen) atoms. The van der Waals surface area contributed by atoms with E-state index in [0.717, 1.165) is 11.1 Å². The second kappa shape index (κ2) is 4.84. The molecular weight excluding hydrogens is 224 g/mol. The molecule has 0 atom stereocenters. The lowest BCUT2D eigenvalue weighted by molar-refractivity contribution is 1.04. The van der Waals surface area contributed by atoms with Crippen molar-refractivity contribution < 1.29 is 0 Å². The number of rotatable bonds is 2. The van der Waals surface area contributed by atoms with Gasteiger partial charge in [0.05, 0.1) is 0 Å². The van der Waals surface area contributed by atoms with Crippen LogP contribution in [-0.2, 0) is 0 Å². The number of aromatic nitrogens is 2. The Balaban J connectivity index is 2.38. The Bertz CT molecular complexity index is 596. The number of hydrogen-bond donors (Lipinski definition) is 0. The lowest BCUT2D eigenvalue weighted by Crippen LogP contribution is -2.11. The van der Waals surface area contributed by atoms with E-state index >= 15 is 0 Å². The van der Waals surface area contributed by atoms with Gasteiger partial charge < -0.3 is 0 Å². The lowest BCUT2D eigenvalue weighted by Gasteiger charge is -2.09. The van der Waals surface area contributed by atoms with Crippen molar-refractivity contribution in [2.45, 2.75) is 13.8 Å². The Morgan fingerprint density at radius 3 is 2.39 bits per heavy atom. The average Bonchev–Trinajstić information content (AvgIpc) is 2.38. The van der Waals surface area contributed by atoms with E-state index in [9.17, 15) is 0 Å². The number of nitriles is 1. The minimum Gasteiger partial charge on any atom is -0.250 e.